The molecule has 0 atom stereocenters. The lowest BCUT2D eigenvalue weighted by Gasteiger charge is -2.29. The Kier molecular flexibility index (Phi) is 7.46. The van der Waals surface area contributed by atoms with Crippen molar-refractivity contribution in [1.82, 2.24) is 20.1 Å². The summed E-state index contributed by atoms with van der Waals surface area (Å²) in [4.78, 5) is 23.1. The third-order valence-corrected chi connectivity index (χ3v) is 6.09. The number of fused-ring (bicyclic) bond motifs is 1. The SMILES string of the molecule is C=N/C=C(\C=C(/C)c1ccc2[nH]nc(C(=O)Nc3ccc(NS(C)(=O)=O)nc3)c2c1)N1CCOCC1. The third-order valence-electron chi connectivity index (χ3n) is 5.51. The van der Waals surface area contributed by atoms with Crippen molar-refractivity contribution in [2.75, 3.05) is 42.6 Å². The summed E-state index contributed by atoms with van der Waals surface area (Å²) in [5.41, 5.74) is 4.22. The van der Waals surface area contributed by atoms with E-state index in [-0.39, 0.29) is 11.5 Å². The molecule has 0 spiro atoms. The maximum atomic E-state index is 13.0. The van der Waals surface area contributed by atoms with Gasteiger partial charge in [-0.15, -0.1) is 0 Å². The second-order valence-electron chi connectivity index (χ2n) is 8.26. The fourth-order valence-electron chi connectivity index (χ4n) is 3.77. The zero-order valence-electron chi connectivity index (χ0n) is 20.0. The Morgan fingerprint density at radius 2 is 2.03 bits per heavy atom. The normalized spacial score (nSPS) is 15.1. The van der Waals surface area contributed by atoms with Gasteiger partial charge >= 0.3 is 0 Å². The predicted octanol–water partition coefficient (Wildman–Crippen LogP) is 2.86. The van der Waals surface area contributed by atoms with Crippen LogP contribution in [-0.2, 0) is 14.8 Å². The molecule has 1 aliphatic heterocycles. The number of nitrogens with one attached hydrogen (secondary N) is 3. The van der Waals surface area contributed by atoms with Crippen molar-refractivity contribution in [2.24, 2.45) is 4.99 Å². The number of hydrogen-bond acceptors (Lipinski definition) is 8. The molecule has 12 heteroatoms. The number of ether oxygens (including phenoxy) is 1. The average molecular weight is 510 g/mol. The smallest absolute Gasteiger partial charge is 0.276 e. The molecule has 0 bridgehead atoms. The van der Waals surface area contributed by atoms with Crippen LogP contribution in [0.2, 0.25) is 0 Å². The first-order valence-electron chi connectivity index (χ1n) is 11.1. The van der Waals surface area contributed by atoms with E-state index in [9.17, 15) is 13.2 Å². The highest BCUT2D eigenvalue weighted by molar-refractivity contribution is 7.92. The van der Waals surface area contributed by atoms with E-state index in [0.717, 1.165) is 41.7 Å². The summed E-state index contributed by atoms with van der Waals surface area (Å²) in [5, 5.41) is 10.5. The van der Waals surface area contributed by atoms with Crippen LogP contribution in [0, 0.1) is 0 Å². The quantitative estimate of drug-likeness (QED) is 0.313. The van der Waals surface area contributed by atoms with E-state index in [1.165, 1.54) is 12.3 Å². The number of aromatic amines is 1. The molecule has 0 unspecified atom stereocenters. The highest BCUT2D eigenvalue weighted by atomic mass is 32.2. The number of carbonyl (C=O) groups excluding carboxylic acids is 1. The molecular weight excluding hydrogens is 482 g/mol. The molecule has 1 aromatic carbocycles. The summed E-state index contributed by atoms with van der Waals surface area (Å²) in [7, 11) is -3.44. The van der Waals surface area contributed by atoms with Crippen LogP contribution in [0.3, 0.4) is 0 Å². The van der Waals surface area contributed by atoms with E-state index in [4.69, 9.17) is 4.74 Å². The topological polar surface area (TPSA) is 142 Å². The van der Waals surface area contributed by atoms with Gasteiger partial charge in [0, 0.05) is 24.7 Å². The Bertz CT molecular complexity index is 1440. The van der Waals surface area contributed by atoms with Crippen LogP contribution in [0.25, 0.3) is 16.5 Å². The Morgan fingerprint density at radius 3 is 2.69 bits per heavy atom. The van der Waals surface area contributed by atoms with Crippen LogP contribution in [0.15, 0.2) is 59.5 Å². The number of benzene rings is 1. The number of hydrogen-bond donors (Lipinski definition) is 3. The first-order chi connectivity index (χ1) is 17.2. The Labute approximate surface area is 209 Å². The number of rotatable bonds is 8. The number of aliphatic imine (C=N–C) groups is 1. The molecule has 36 heavy (non-hydrogen) atoms. The molecule has 3 aromatic rings. The lowest BCUT2D eigenvalue weighted by molar-refractivity contribution is 0.0553. The molecule has 11 nitrogen and oxygen atoms in total. The van der Waals surface area contributed by atoms with Gasteiger partial charge in [-0.3, -0.25) is 19.6 Å². The van der Waals surface area contributed by atoms with Crippen LogP contribution >= 0.6 is 0 Å². The molecule has 3 heterocycles. The number of H-pyrrole nitrogens is 1. The van der Waals surface area contributed by atoms with Crippen molar-refractivity contribution in [3.63, 3.8) is 0 Å². The number of morpholine rings is 1. The maximum absolute atomic E-state index is 13.0. The predicted molar refractivity (Wildman–Crippen MR) is 140 cm³/mol. The minimum atomic E-state index is -3.44. The fourth-order valence-corrected chi connectivity index (χ4v) is 4.27. The molecular formula is C24H27N7O4S. The van der Waals surface area contributed by atoms with Crippen LogP contribution < -0.4 is 10.0 Å². The Balaban J connectivity index is 1.56. The first-order valence-corrected chi connectivity index (χ1v) is 13.0. The van der Waals surface area contributed by atoms with Gasteiger partial charge in [-0.05, 0) is 55.1 Å². The molecule has 1 amide bonds. The van der Waals surface area contributed by atoms with Crippen LogP contribution in [0.5, 0.6) is 0 Å². The van der Waals surface area contributed by atoms with Gasteiger partial charge in [0.25, 0.3) is 5.91 Å². The first kappa shape index (κ1) is 25.1. The van der Waals surface area contributed by atoms with Gasteiger partial charge in [0.15, 0.2) is 5.69 Å². The summed E-state index contributed by atoms with van der Waals surface area (Å²) in [5.74, 6) is -0.264. The molecule has 2 aromatic heterocycles. The maximum Gasteiger partial charge on any atom is 0.276 e. The Hall–Kier alpha value is -4.03. The molecule has 3 N–H and O–H groups in total. The molecule has 188 valence electrons. The lowest BCUT2D eigenvalue weighted by Crippen LogP contribution is -2.35. The second-order valence-corrected chi connectivity index (χ2v) is 10.0. The van der Waals surface area contributed by atoms with Gasteiger partial charge in [0.1, 0.15) is 5.82 Å². The van der Waals surface area contributed by atoms with Gasteiger partial charge in [-0.2, -0.15) is 5.10 Å². The van der Waals surface area contributed by atoms with Crippen molar-refractivity contribution in [2.45, 2.75) is 6.92 Å². The number of nitrogens with zero attached hydrogens (tertiary/aromatic N) is 4. The van der Waals surface area contributed by atoms with Crippen LogP contribution in [-0.4, -0.2) is 73.7 Å². The van der Waals surface area contributed by atoms with Crippen LogP contribution in [0.1, 0.15) is 23.0 Å². The zero-order valence-corrected chi connectivity index (χ0v) is 20.8. The van der Waals surface area contributed by atoms with Gasteiger partial charge in [0.05, 0.1) is 42.6 Å². The molecule has 0 radical (unpaired) electrons. The minimum Gasteiger partial charge on any atom is -0.378 e. The van der Waals surface area contributed by atoms with Crippen molar-refractivity contribution in [3.8, 4) is 0 Å². The van der Waals surface area contributed by atoms with Crippen molar-refractivity contribution in [1.29, 1.82) is 0 Å². The highest BCUT2D eigenvalue weighted by Crippen LogP contribution is 2.25. The Morgan fingerprint density at radius 1 is 1.25 bits per heavy atom. The molecule has 1 aliphatic rings. The number of allylic oxidation sites excluding steroid dienone is 2. The van der Waals surface area contributed by atoms with Gasteiger partial charge in [-0.25, -0.2) is 13.4 Å². The van der Waals surface area contributed by atoms with E-state index in [2.05, 4.69) is 41.8 Å². The number of aromatic nitrogens is 3. The van der Waals surface area contributed by atoms with E-state index in [1.807, 2.05) is 31.2 Å². The zero-order chi connectivity index (χ0) is 25.7. The standard InChI is InChI=1S/C24H27N7O4S/c1-16(12-19(15-25-2)31-8-10-35-11-9-31)17-4-6-21-20(13-17)23(29-28-21)24(32)27-18-5-7-22(26-14-18)30-36(3,33)34/h4-7,12-15H,2,8-11H2,1,3H3,(H,26,30)(H,27,32)(H,28,29)/b16-12+,19-15+. The van der Waals surface area contributed by atoms with Crippen molar-refractivity contribution < 1.29 is 17.9 Å². The van der Waals surface area contributed by atoms with E-state index in [1.54, 1.807) is 12.3 Å². The van der Waals surface area contributed by atoms with Crippen molar-refractivity contribution in [3.05, 3.63) is 65.8 Å². The summed E-state index contributed by atoms with van der Waals surface area (Å²) in [6.45, 7) is 8.45. The van der Waals surface area contributed by atoms with Gasteiger partial charge in [-0.1, -0.05) is 6.07 Å². The van der Waals surface area contributed by atoms with Crippen LogP contribution in [0.4, 0.5) is 11.5 Å². The van der Waals surface area contributed by atoms with E-state index >= 15 is 0 Å². The third kappa shape index (κ3) is 6.15. The minimum absolute atomic E-state index is 0.157. The molecule has 1 fully saturated rings. The molecule has 1 saturated heterocycles. The monoisotopic (exact) mass is 509 g/mol. The summed E-state index contributed by atoms with van der Waals surface area (Å²) < 4.78 is 30.4. The highest BCUT2D eigenvalue weighted by Gasteiger charge is 2.17. The molecule has 4 rings (SSSR count). The second kappa shape index (κ2) is 10.7. The number of carbonyl (C=O) groups is 1. The fraction of sp³-hybridized carbons (Fsp3) is 0.250. The van der Waals surface area contributed by atoms with Crippen molar-refractivity contribution >= 4 is 50.6 Å². The summed E-state index contributed by atoms with van der Waals surface area (Å²) >= 11 is 0. The van der Waals surface area contributed by atoms with E-state index in [0.29, 0.717) is 24.3 Å². The van der Waals surface area contributed by atoms with E-state index < -0.39 is 15.9 Å². The number of sulfonamides is 1. The number of pyridine rings is 1. The molecule has 0 saturated carbocycles. The summed E-state index contributed by atoms with van der Waals surface area (Å²) in [6, 6.07) is 8.77. The average Bonchev–Trinajstić information content (AvgIpc) is 3.28. The largest absolute Gasteiger partial charge is 0.378 e. The number of anilines is 2. The molecule has 0 aliphatic carbocycles. The lowest BCUT2D eigenvalue weighted by atomic mass is 10.0. The van der Waals surface area contributed by atoms with Gasteiger partial charge < -0.3 is 15.0 Å². The number of amides is 1. The van der Waals surface area contributed by atoms with Gasteiger partial charge in [0.2, 0.25) is 10.0 Å². The summed E-state index contributed by atoms with van der Waals surface area (Å²) in [6.07, 6.45) is 6.17.